The number of benzene rings is 1. The summed E-state index contributed by atoms with van der Waals surface area (Å²) in [7, 11) is 0. The fraction of sp³-hybridized carbons (Fsp3) is 0.611. The highest BCUT2D eigenvalue weighted by Gasteiger charge is 2.29. The van der Waals surface area contributed by atoms with Crippen LogP contribution in [0.2, 0.25) is 0 Å². The molecule has 0 aliphatic carbocycles. The summed E-state index contributed by atoms with van der Waals surface area (Å²) >= 11 is 0. The zero-order valence-corrected chi connectivity index (χ0v) is 14.2. The highest BCUT2D eigenvalue weighted by molar-refractivity contribution is 5.68. The van der Waals surface area contributed by atoms with E-state index in [-0.39, 0.29) is 6.09 Å². The van der Waals surface area contributed by atoms with Crippen LogP contribution < -0.4 is 5.32 Å². The summed E-state index contributed by atoms with van der Waals surface area (Å²) in [5, 5.41) is 3.51. The minimum Gasteiger partial charge on any atom is -0.444 e. The summed E-state index contributed by atoms with van der Waals surface area (Å²) in [6, 6.07) is 8.43. The smallest absolute Gasteiger partial charge is 0.410 e. The highest BCUT2D eigenvalue weighted by Crippen LogP contribution is 2.19. The van der Waals surface area contributed by atoms with E-state index in [1.165, 1.54) is 11.1 Å². The molecular formula is C18H28N2O2. The molecular weight excluding hydrogens is 276 g/mol. The predicted octanol–water partition coefficient (Wildman–Crippen LogP) is 3.34. The molecule has 4 nitrogen and oxygen atoms in total. The molecule has 1 fully saturated rings. The lowest BCUT2D eigenvalue weighted by Gasteiger charge is -2.24. The normalized spacial score (nSPS) is 18.5. The zero-order chi connectivity index (χ0) is 16.2. The van der Waals surface area contributed by atoms with Gasteiger partial charge in [0.05, 0.1) is 0 Å². The molecule has 1 aromatic rings. The first-order valence-electron chi connectivity index (χ1n) is 8.08. The van der Waals surface area contributed by atoms with Gasteiger partial charge in [0.1, 0.15) is 5.60 Å². The van der Waals surface area contributed by atoms with Gasteiger partial charge in [-0.25, -0.2) is 4.79 Å². The number of rotatable bonds is 4. The van der Waals surface area contributed by atoms with Crippen molar-refractivity contribution < 1.29 is 9.53 Å². The van der Waals surface area contributed by atoms with Crippen molar-refractivity contribution in [2.24, 2.45) is 5.92 Å². The zero-order valence-electron chi connectivity index (χ0n) is 14.2. The third-order valence-corrected chi connectivity index (χ3v) is 3.95. The van der Waals surface area contributed by atoms with Crippen LogP contribution in [0.25, 0.3) is 0 Å². The molecule has 0 saturated carbocycles. The van der Waals surface area contributed by atoms with Crippen molar-refractivity contribution in [3.63, 3.8) is 0 Å². The second kappa shape index (κ2) is 7.14. The first kappa shape index (κ1) is 16.8. The molecule has 22 heavy (non-hydrogen) atoms. The third-order valence-electron chi connectivity index (χ3n) is 3.95. The van der Waals surface area contributed by atoms with Crippen LogP contribution in [0.15, 0.2) is 24.3 Å². The second-order valence-electron chi connectivity index (χ2n) is 7.14. The molecule has 1 aromatic carbocycles. The number of ether oxygens (including phenoxy) is 1. The average molecular weight is 304 g/mol. The number of nitrogens with zero attached hydrogens (tertiary/aromatic N) is 1. The van der Waals surface area contributed by atoms with E-state index in [4.69, 9.17) is 4.74 Å². The first-order valence-corrected chi connectivity index (χ1v) is 8.08. The lowest BCUT2D eigenvalue weighted by Crippen LogP contribution is -2.36. The Morgan fingerprint density at radius 2 is 2.09 bits per heavy atom. The quantitative estimate of drug-likeness (QED) is 0.927. The van der Waals surface area contributed by atoms with Crippen LogP contribution in [-0.2, 0) is 11.3 Å². The number of amides is 1. The van der Waals surface area contributed by atoms with Gasteiger partial charge in [-0.2, -0.15) is 0 Å². The number of hydrogen-bond donors (Lipinski definition) is 1. The number of likely N-dealkylation sites (tertiary alicyclic amines) is 1. The molecule has 1 aliphatic rings. The van der Waals surface area contributed by atoms with Crippen LogP contribution in [-0.4, -0.2) is 36.2 Å². The monoisotopic (exact) mass is 304 g/mol. The number of nitrogens with one attached hydrogen (secondary N) is 1. The topological polar surface area (TPSA) is 41.6 Å². The van der Waals surface area contributed by atoms with E-state index in [1.807, 2.05) is 25.7 Å². The first-order chi connectivity index (χ1) is 10.3. The fourth-order valence-corrected chi connectivity index (χ4v) is 2.71. The van der Waals surface area contributed by atoms with E-state index in [0.717, 1.165) is 32.6 Å². The molecule has 0 aromatic heterocycles. The summed E-state index contributed by atoms with van der Waals surface area (Å²) in [4.78, 5) is 13.9. The van der Waals surface area contributed by atoms with Crippen molar-refractivity contribution in [1.82, 2.24) is 10.2 Å². The van der Waals surface area contributed by atoms with Crippen LogP contribution in [0.5, 0.6) is 0 Å². The Hall–Kier alpha value is -1.55. The maximum absolute atomic E-state index is 12.0. The Morgan fingerprint density at radius 1 is 1.36 bits per heavy atom. The molecule has 0 bridgehead atoms. The summed E-state index contributed by atoms with van der Waals surface area (Å²) < 4.78 is 5.43. The van der Waals surface area contributed by atoms with Gasteiger partial charge in [0.25, 0.3) is 0 Å². The van der Waals surface area contributed by atoms with Crippen LogP contribution in [0.3, 0.4) is 0 Å². The molecule has 4 heteroatoms. The van der Waals surface area contributed by atoms with Crippen molar-refractivity contribution in [2.75, 3.05) is 19.6 Å². The number of aryl methyl sites for hydroxylation is 1. The summed E-state index contributed by atoms with van der Waals surface area (Å²) in [5.41, 5.74) is 2.24. The average Bonchev–Trinajstić information content (AvgIpc) is 2.88. The van der Waals surface area contributed by atoms with Gasteiger partial charge in [0.2, 0.25) is 0 Å². The van der Waals surface area contributed by atoms with Crippen molar-refractivity contribution in [3.8, 4) is 0 Å². The number of hydrogen-bond acceptors (Lipinski definition) is 3. The summed E-state index contributed by atoms with van der Waals surface area (Å²) in [6.45, 7) is 11.3. The molecule has 1 atom stereocenters. The van der Waals surface area contributed by atoms with E-state index < -0.39 is 5.60 Å². The second-order valence-corrected chi connectivity index (χ2v) is 7.14. The lowest BCUT2D eigenvalue weighted by molar-refractivity contribution is 0.0288. The molecule has 2 rings (SSSR count). The molecule has 122 valence electrons. The Kier molecular flexibility index (Phi) is 5.46. The van der Waals surface area contributed by atoms with Crippen LogP contribution >= 0.6 is 0 Å². The van der Waals surface area contributed by atoms with Gasteiger partial charge in [-0.3, -0.25) is 0 Å². The largest absolute Gasteiger partial charge is 0.444 e. The third kappa shape index (κ3) is 5.02. The molecule has 1 unspecified atom stereocenters. The van der Waals surface area contributed by atoms with E-state index in [0.29, 0.717) is 5.92 Å². The van der Waals surface area contributed by atoms with Gasteiger partial charge in [-0.05, 0) is 51.2 Å². The molecule has 1 heterocycles. The Morgan fingerprint density at radius 3 is 2.77 bits per heavy atom. The lowest BCUT2D eigenvalue weighted by atomic mass is 10.1. The van der Waals surface area contributed by atoms with E-state index >= 15 is 0 Å². The Labute approximate surface area is 133 Å². The Balaban J connectivity index is 1.73. The van der Waals surface area contributed by atoms with Crippen molar-refractivity contribution in [3.05, 3.63) is 35.4 Å². The van der Waals surface area contributed by atoms with E-state index in [2.05, 4.69) is 36.5 Å². The Bertz CT molecular complexity index is 508. The molecule has 1 amide bonds. The van der Waals surface area contributed by atoms with Gasteiger partial charge < -0.3 is 15.0 Å². The molecule has 1 saturated heterocycles. The van der Waals surface area contributed by atoms with Gasteiger partial charge in [-0.15, -0.1) is 0 Å². The van der Waals surface area contributed by atoms with Crippen LogP contribution in [0.4, 0.5) is 4.79 Å². The standard InChI is InChI=1S/C18H28N2O2/c1-14-7-5-6-8-16(14)12-19-11-15-9-10-20(13-15)17(21)22-18(2,3)4/h5-8,15,19H,9-13H2,1-4H3. The molecule has 1 aliphatic heterocycles. The van der Waals surface area contributed by atoms with Crippen LogP contribution in [0, 0.1) is 12.8 Å². The van der Waals surface area contributed by atoms with Crippen LogP contribution in [0.1, 0.15) is 38.3 Å². The van der Waals surface area contributed by atoms with E-state index in [9.17, 15) is 4.79 Å². The maximum atomic E-state index is 12.0. The fourth-order valence-electron chi connectivity index (χ4n) is 2.71. The van der Waals surface area contributed by atoms with Gasteiger partial charge >= 0.3 is 6.09 Å². The number of carbonyl (C=O) groups excluding carboxylic acids is 1. The van der Waals surface area contributed by atoms with Gasteiger partial charge in [-0.1, -0.05) is 24.3 Å². The minimum absolute atomic E-state index is 0.186. The van der Waals surface area contributed by atoms with E-state index in [1.54, 1.807) is 0 Å². The summed E-state index contributed by atoms with van der Waals surface area (Å²) in [6.07, 6.45) is 0.855. The van der Waals surface area contributed by atoms with Crippen molar-refractivity contribution in [2.45, 2.75) is 46.3 Å². The number of carbonyl (C=O) groups is 1. The van der Waals surface area contributed by atoms with Crippen molar-refractivity contribution >= 4 is 6.09 Å². The minimum atomic E-state index is -0.418. The SMILES string of the molecule is Cc1ccccc1CNCC1CCN(C(=O)OC(C)(C)C)C1. The highest BCUT2D eigenvalue weighted by atomic mass is 16.6. The maximum Gasteiger partial charge on any atom is 0.410 e. The van der Waals surface area contributed by atoms with Gasteiger partial charge in [0, 0.05) is 26.2 Å². The predicted molar refractivity (Wildman–Crippen MR) is 88.8 cm³/mol. The van der Waals surface area contributed by atoms with Crippen molar-refractivity contribution in [1.29, 1.82) is 0 Å². The van der Waals surface area contributed by atoms with Gasteiger partial charge in [0.15, 0.2) is 0 Å². The molecule has 0 spiro atoms. The molecule has 1 N–H and O–H groups in total. The molecule has 0 radical (unpaired) electrons. The summed E-state index contributed by atoms with van der Waals surface area (Å²) in [5.74, 6) is 0.511.